The number of hydrogen-bond donors (Lipinski definition) is 1. The maximum Gasteiger partial charge on any atom is 0.225 e. The smallest absolute Gasteiger partial charge is 0.225 e. The number of carbonyl (C=O) groups is 1. The van der Waals surface area contributed by atoms with Gasteiger partial charge in [-0.05, 0) is 30.7 Å². The van der Waals surface area contributed by atoms with Crippen LogP contribution in [0.5, 0.6) is 5.75 Å². The summed E-state index contributed by atoms with van der Waals surface area (Å²) in [7, 11) is 0. The maximum atomic E-state index is 12.7. The minimum Gasteiger partial charge on any atom is -0.491 e. The van der Waals surface area contributed by atoms with Gasteiger partial charge < -0.3 is 24.4 Å². The SMILES string of the molecule is Cc1cc(OCC2(CC(=O)N3CCOCC3)CNCCO2)ccc1Cl. The van der Waals surface area contributed by atoms with Crippen LogP contribution in [0, 0.1) is 6.92 Å². The van der Waals surface area contributed by atoms with Crippen molar-refractivity contribution >= 4 is 17.5 Å². The van der Waals surface area contributed by atoms with Crippen molar-refractivity contribution in [2.45, 2.75) is 18.9 Å². The van der Waals surface area contributed by atoms with Crippen molar-refractivity contribution < 1.29 is 19.0 Å². The molecular weight excluding hydrogens is 344 g/mol. The minimum atomic E-state index is -0.652. The number of amides is 1. The van der Waals surface area contributed by atoms with Gasteiger partial charge in [0, 0.05) is 31.2 Å². The number of nitrogens with zero attached hydrogens (tertiary/aromatic N) is 1. The fourth-order valence-corrected chi connectivity index (χ4v) is 3.20. The van der Waals surface area contributed by atoms with Crippen LogP contribution in [0.2, 0.25) is 5.02 Å². The molecule has 0 aromatic heterocycles. The van der Waals surface area contributed by atoms with Crippen LogP contribution in [-0.4, -0.2) is 69.0 Å². The Morgan fingerprint density at radius 2 is 2.16 bits per heavy atom. The molecule has 1 amide bonds. The van der Waals surface area contributed by atoms with Crippen LogP contribution in [-0.2, 0) is 14.3 Å². The molecule has 1 unspecified atom stereocenters. The Kier molecular flexibility index (Phi) is 6.17. The zero-order chi connectivity index (χ0) is 17.7. The summed E-state index contributed by atoms with van der Waals surface area (Å²) in [4.78, 5) is 14.5. The molecule has 138 valence electrons. The third kappa shape index (κ3) is 4.85. The standard InChI is InChI=1S/C18H25ClN2O4/c1-14-10-15(2-3-16(14)19)24-13-18(12-20-4-7-25-18)11-17(22)21-5-8-23-9-6-21/h2-3,10,20H,4-9,11-13H2,1H3. The molecule has 0 spiro atoms. The van der Waals surface area contributed by atoms with Gasteiger partial charge in [-0.2, -0.15) is 0 Å². The van der Waals surface area contributed by atoms with Crippen LogP contribution < -0.4 is 10.1 Å². The Morgan fingerprint density at radius 1 is 1.36 bits per heavy atom. The Morgan fingerprint density at radius 3 is 2.84 bits per heavy atom. The quantitative estimate of drug-likeness (QED) is 0.856. The van der Waals surface area contributed by atoms with Crippen LogP contribution in [0.25, 0.3) is 0 Å². The topological polar surface area (TPSA) is 60.0 Å². The van der Waals surface area contributed by atoms with Gasteiger partial charge in [-0.3, -0.25) is 4.79 Å². The summed E-state index contributed by atoms with van der Waals surface area (Å²) in [6.45, 7) is 6.67. The van der Waals surface area contributed by atoms with Crippen molar-refractivity contribution in [1.82, 2.24) is 10.2 Å². The molecule has 1 aromatic rings. The fraction of sp³-hybridized carbons (Fsp3) is 0.611. The zero-order valence-corrected chi connectivity index (χ0v) is 15.3. The van der Waals surface area contributed by atoms with E-state index in [9.17, 15) is 4.79 Å². The largest absolute Gasteiger partial charge is 0.491 e. The molecule has 25 heavy (non-hydrogen) atoms. The molecule has 7 heteroatoms. The van der Waals surface area contributed by atoms with Crippen molar-refractivity contribution in [3.05, 3.63) is 28.8 Å². The summed E-state index contributed by atoms with van der Waals surface area (Å²) in [5, 5.41) is 4.03. The monoisotopic (exact) mass is 368 g/mol. The second-order valence-electron chi connectivity index (χ2n) is 6.58. The first-order chi connectivity index (χ1) is 12.1. The molecule has 1 N–H and O–H groups in total. The van der Waals surface area contributed by atoms with Crippen molar-refractivity contribution in [2.24, 2.45) is 0 Å². The molecule has 0 radical (unpaired) electrons. The number of carbonyl (C=O) groups excluding carboxylic acids is 1. The summed E-state index contributed by atoms with van der Waals surface area (Å²) in [6.07, 6.45) is 0.298. The molecule has 2 saturated heterocycles. The van der Waals surface area contributed by atoms with Gasteiger partial charge in [0.2, 0.25) is 5.91 Å². The predicted octanol–water partition coefficient (Wildman–Crippen LogP) is 1.63. The summed E-state index contributed by atoms with van der Waals surface area (Å²) in [5.41, 5.74) is 0.307. The van der Waals surface area contributed by atoms with Gasteiger partial charge in [-0.15, -0.1) is 0 Å². The van der Waals surface area contributed by atoms with Gasteiger partial charge in [0.15, 0.2) is 0 Å². The van der Waals surface area contributed by atoms with E-state index in [1.807, 2.05) is 30.0 Å². The number of morpholine rings is 2. The lowest BCUT2D eigenvalue weighted by atomic mass is 9.97. The van der Waals surface area contributed by atoms with Crippen LogP contribution in [0.3, 0.4) is 0 Å². The molecule has 3 rings (SSSR count). The van der Waals surface area contributed by atoms with E-state index in [1.54, 1.807) is 0 Å². The lowest BCUT2D eigenvalue weighted by Crippen LogP contribution is -2.56. The first kappa shape index (κ1) is 18.5. The van der Waals surface area contributed by atoms with Crippen LogP contribution in [0.1, 0.15) is 12.0 Å². The van der Waals surface area contributed by atoms with E-state index < -0.39 is 5.60 Å². The average Bonchev–Trinajstić information content (AvgIpc) is 2.64. The number of hydrogen-bond acceptors (Lipinski definition) is 5. The Hall–Kier alpha value is -1.34. The van der Waals surface area contributed by atoms with Gasteiger partial charge in [-0.25, -0.2) is 0 Å². The van der Waals surface area contributed by atoms with Crippen LogP contribution in [0.4, 0.5) is 0 Å². The number of rotatable bonds is 5. The fourth-order valence-electron chi connectivity index (χ4n) is 3.09. The first-order valence-corrected chi connectivity index (χ1v) is 9.05. The molecule has 0 saturated carbocycles. The summed E-state index contributed by atoms with van der Waals surface area (Å²) >= 11 is 6.06. The van der Waals surface area contributed by atoms with Gasteiger partial charge in [-0.1, -0.05) is 11.6 Å². The van der Waals surface area contributed by atoms with E-state index in [2.05, 4.69) is 5.32 Å². The molecule has 2 fully saturated rings. The second-order valence-corrected chi connectivity index (χ2v) is 6.99. The third-order valence-electron chi connectivity index (χ3n) is 4.60. The van der Waals surface area contributed by atoms with E-state index in [4.69, 9.17) is 25.8 Å². The summed E-state index contributed by atoms with van der Waals surface area (Å²) in [6, 6.07) is 5.55. The molecule has 2 aliphatic rings. The first-order valence-electron chi connectivity index (χ1n) is 8.67. The average molecular weight is 369 g/mol. The number of benzene rings is 1. The Labute approximate surface area is 153 Å². The number of aryl methyl sites for hydroxylation is 1. The molecule has 6 nitrogen and oxygen atoms in total. The molecular formula is C18H25ClN2O4. The van der Waals surface area contributed by atoms with Crippen LogP contribution >= 0.6 is 11.6 Å². The molecule has 2 aliphatic heterocycles. The van der Waals surface area contributed by atoms with E-state index in [0.717, 1.165) is 17.9 Å². The minimum absolute atomic E-state index is 0.0860. The molecule has 0 aliphatic carbocycles. The predicted molar refractivity (Wildman–Crippen MR) is 95.3 cm³/mol. The highest BCUT2D eigenvalue weighted by atomic mass is 35.5. The Balaban J connectivity index is 1.65. The highest BCUT2D eigenvalue weighted by Gasteiger charge is 2.38. The van der Waals surface area contributed by atoms with E-state index >= 15 is 0 Å². The van der Waals surface area contributed by atoms with Gasteiger partial charge in [0.05, 0.1) is 26.2 Å². The summed E-state index contributed by atoms with van der Waals surface area (Å²) in [5.74, 6) is 0.817. The summed E-state index contributed by atoms with van der Waals surface area (Å²) < 4.78 is 17.3. The lowest BCUT2D eigenvalue weighted by molar-refractivity contribution is -0.149. The number of halogens is 1. The highest BCUT2D eigenvalue weighted by molar-refractivity contribution is 6.31. The molecule has 0 bridgehead atoms. The molecule has 2 heterocycles. The maximum absolute atomic E-state index is 12.7. The van der Waals surface area contributed by atoms with Gasteiger partial charge in [0.1, 0.15) is 18.0 Å². The van der Waals surface area contributed by atoms with Crippen molar-refractivity contribution in [3.8, 4) is 5.75 Å². The zero-order valence-electron chi connectivity index (χ0n) is 14.6. The van der Waals surface area contributed by atoms with Crippen LogP contribution in [0.15, 0.2) is 18.2 Å². The normalized spacial score (nSPS) is 24.2. The van der Waals surface area contributed by atoms with Crippen molar-refractivity contribution in [2.75, 3.05) is 52.6 Å². The van der Waals surface area contributed by atoms with E-state index in [-0.39, 0.29) is 5.91 Å². The third-order valence-corrected chi connectivity index (χ3v) is 5.03. The highest BCUT2D eigenvalue weighted by Crippen LogP contribution is 2.25. The molecule has 1 aromatic carbocycles. The Bertz CT molecular complexity index is 599. The second kappa shape index (κ2) is 8.36. The lowest BCUT2D eigenvalue weighted by Gasteiger charge is -2.38. The molecule has 1 atom stereocenters. The van der Waals surface area contributed by atoms with E-state index in [1.165, 1.54) is 0 Å². The van der Waals surface area contributed by atoms with Gasteiger partial charge >= 0.3 is 0 Å². The van der Waals surface area contributed by atoms with Crippen molar-refractivity contribution in [3.63, 3.8) is 0 Å². The number of ether oxygens (including phenoxy) is 3. The number of nitrogens with one attached hydrogen (secondary N) is 1. The van der Waals surface area contributed by atoms with E-state index in [0.29, 0.717) is 57.5 Å². The van der Waals surface area contributed by atoms with Crippen molar-refractivity contribution in [1.29, 1.82) is 0 Å². The van der Waals surface area contributed by atoms with Gasteiger partial charge in [0.25, 0.3) is 0 Å².